The molecule has 7 nitrogen and oxygen atoms in total. The predicted octanol–water partition coefficient (Wildman–Crippen LogP) is 3.43. The highest BCUT2D eigenvalue weighted by molar-refractivity contribution is 5.92. The molecule has 0 radical (unpaired) electrons. The van der Waals surface area contributed by atoms with Crippen LogP contribution in [0.5, 0.6) is 0 Å². The predicted molar refractivity (Wildman–Crippen MR) is 103 cm³/mol. The first-order valence-corrected chi connectivity index (χ1v) is 8.49. The molecule has 1 fully saturated rings. The van der Waals surface area contributed by atoms with Crippen LogP contribution >= 0.6 is 12.4 Å². The van der Waals surface area contributed by atoms with Crippen molar-refractivity contribution in [2.45, 2.75) is 26.3 Å². The van der Waals surface area contributed by atoms with Gasteiger partial charge in [0, 0.05) is 24.7 Å². The van der Waals surface area contributed by atoms with Gasteiger partial charge in [-0.05, 0) is 42.7 Å². The van der Waals surface area contributed by atoms with E-state index in [4.69, 9.17) is 4.74 Å². The summed E-state index contributed by atoms with van der Waals surface area (Å²) in [5.41, 5.74) is 0.943. The van der Waals surface area contributed by atoms with Gasteiger partial charge in [-0.3, -0.25) is 5.32 Å². The summed E-state index contributed by atoms with van der Waals surface area (Å²) >= 11 is 0. The van der Waals surface area contributed by atoms with Gasteiger partial charge in [-0.15, -0.1) is 12.4 Å². The molecule has 1 heterocycles. The zero-order chi connectivity index (χ0) is 17.6. The number of halogens is 1. The van der Waals surface area contributed by atoms with Gasteiger partial charge >= 0.3 is 12.1 Å². The molecule has 0 unspecified atom stereocenters. The molecule has 26 heavy (non-hydrogen) atoms. The topological polar surface area (TPSA) is 92.4 Å². The lowest BCUT2D eigenvalue weighted by Crippen LogP contribution is -2.28. The van der Waals surface area contributed by atoms with Gasteiger partial charge in [0.25, 0.3) is 0 Å². The van der Waals surface area contributed by atoms with Gasteiger partial charge in [0.15, 0.2) is 0 Å². The van der Waals surface area contributed by atoms with Crippen molar-refractivity contribution in [2.24, 2.45) is 5.92 Å². The highest BCUT2D eigenvalue weighted by Crippen LogP contribution is 2.28. The number of aromatic nitrogens is 1. The Bertz CT molecular complexity index is 780. The number of anilines is 1. The second-order valence-corrected chi connectivity index (χ2v) is 6.09. The number of ether oxygens (including phenoxy) is 1. The van der Waals surface area contributed by atoms with Crippen molar-refractivity contribution < 1.29 is 14.3 Å². The van der Waals surface area contributed by atoms with Crippen molar-refractivity contribution >= 4 is 41.1 Å². The number of amides is 3. The smallest absolute Gasteiger partial charge is 0.407 e. The molecule has 1 aromatic heterocycles. The lowest BCUT2D eigenvalue weighted by atomic mass is 10.1. The number of carbonyl (C=O) groups excluding carboxylic acids is 2. The van der Waals surface area contributed by atoms with Crippen molar-refractivity contribution in [3.63, 3.8) is 0 Å². The highest BCUT2D eigenvalue weighted by atomic mass is 35.5. The van der Waals surface area contributed by atoms with Gasteiger partial charge < -0.3 is 15.4 Å². The number of hydrogen-bond donors (Lipinski definition) is 3. The average Bonchev–Trinajstić information content (AvgIpc) is 3.42. The fourth-order valence-corrected chi connectivity index (χ4v) is 2.47. The van der Waals surface area contributed by atoms with Crippen LogP contribution in [0.3, 0.4) is 0 Å². The minimum absolute atomic E-state index is 0. The maximum absolute atomic E-state index is 11.7. The largest absolute Gasteiger partial charge is 0.449 e. The average molecular weight is 379 g/mol. The van der Waals surface area contributed by atoms with Crippen LogP contribution in [0, 0.1) is 5.92 Å². The zero-order valence-corrected chi connectivity index (χ0v) is 15.4. The van der Waals surface area contributed by atoms with Crippen LogP contribution in [0.4, 0.5) is 15.4 Å². The van der Waals surface area contributed by atoms with E-state index in [-0.39, 0.29) is 18.4 Å². The fourth-order valence-electron chi connectivity index (χ4n) is 2.47. The standard InChI is InChI=1S/C18H22N4O3.ClH/c1-2-19-17(23)22-16-8-13-4-3-5-14(15(13)10-20-16)9-21-18(24)25-11-12-6-7-12;/h3-5,8,10,12H,2,6-7,9,11H2,1H3,(H,21,24)(H2,19,20,22,23);1H. The maximum Gasteiger partial charge on any atom is 0.407 e. The summed E-state index contributed by atoms with van der Waals surface area (Å²) in [6.45, 7) is 3.26. The molecule has 2 aromatic rings. The van der Waals surface area contributed by atoms with Crippen molar-refractivity contribution in [1.29, 1.82) is 0 Å². The number of benzene rings is 1. The van der Waals surface area contributed by atoms with Gasteiger partial charge in [0.2, 0.25) is 0 Å². The summed E-state index contributed by atoms with van der Waals surface area (Å²) in [7, 11) is 0. The maximum atomic E-state index is 11.7. The van der Waals surface area contributed by atoms with E-state index < -0.39 is 6.09 Å². The number of rotatable bonds is 6. The first-order valence-electron chi connectivity index (χ1n) is 8.49. The summed E-state index contributed by atoms with van der Waals surface area (Å²) in [5, 5.41) is 9.98. The minimum Gasteiger partial charge on any atom is -0.449 e. The lowest BCUT2D eigenvalue weighted by Gasteiger charge is -2.10. The lowest BCUT2D eigenvalue weighted by molar-refractivity contribution is 0.140. The fraction of sp³-hybridized carbons (Fsp3) is 0.389. The number of pyridine rings is 1. The molecule has 1 saturated carbocycles. The highest BCUT2D eigenvalue weighted by Gasteiger charge is 2.22. The van der Waals surface area contributed by atoms with E-state index in [0.717, 1.165) is 29.2 Å². The SMILES string of the molecule is CCNC(=O)Nc1cc2cccc(CNC(=O)OCC3CC3)c2cn1.Cl. The van der Waals surface area contributed by atoms with Gasteiger partial charge in [0.1, 0.15) is 5.82 Å². The van der Waals surface area contributed by atoms with E-state index in [1.165, 1.54) is 0 Å². The molecule has 8 heteroatoms. The van der Waals surface area contributed by atoms with Crippen LogP contribution in [0.1, 0.15) is 25.3 Å². The quantitative estimate of drug-likeness (QED) is 0.718. The third-order valence-corrected chi connectivity index (χ3v) is 4.00. The van der Waals surface area contributed by atoms with Crippen molar-refractivity contribution in [1.82, 2.24) is 15.6 Å². The van der Waals surface area contributed by atoms with Crippen molar-refractivity contribution in [2.75, 3.05) is 18.5 Å². The normalized spacial score (nSPS) is 12.8. The number of hydrogen-bond acceptors (Lipinski definition) is 4. The molecule has 3 rings (SSSR count). The number of fused-ring (bicyclic) bond motifs is 1. The van der Waals surface area contributed by atoms with Crippen LogP contribution in [0.15, 0.2) is 30.5 Å². The summed E-state index contributed by atoms with van der Waals surface area (Å²) in [5.74, 6) is 1.02. The van der Waals surface area contributed by atoms with Crippen LogP contribution in [-0.2, 0) is 11.3 Å². The Morgan fingerprint density at radius 3 is 2.81 bits per heavy atom. The van der Waals surface area contributed by atoms with Crippen LogP contribution in [0.25, 0.3) is 10.8 Å². The van der Waals surface area contributed by atoms with Crippen LogP contribution in [-0.4, -0.2) is 30.3 Å². The molecule has 3 amide bonds. The summed E-state index contributed by atoms with van der Waals surface area (Å²) in [6.07, 6.45) is 3.60. The molecular formula is C18H23ClN4O3. The molecule has 3 N–H and O–H groups in total. The molecular weight excluding hydrogens is 356 g/mol. The second-order valence-electron chi connectivity index (χ2n) is 6.09. The zero-order valence-electron chi connectivity index (χ0n) is 14.6. The van der Waals surface area contributed by atoms with Crippen molar-refractivity contribution in [3.05, 3.63) is 36.0 Å². The minimum atomic E-state index is -0.397. The first kappa shape index (κ1) is 19.8. The van der Waals surface area contributed by atoms with E-state index in [1.54, 1.807) is 12.3 Å². The van der Waals surface area contributed by atoms with E-state index >= 15 is 0 Å². The third-order valence-electron chi connectivity index (χ3n) is 4.00. The van der Waals surface area contributed by atoms with Crippen LogP contribution in [0.2, 0.25) is 0 Å². The van der Waals surface area contributed by atoms with E-state index in [0.29, 0.717) is 31.4 Å². The summed E-state index contributed by atoms with van der Waals surface area (Å²) < 4.78 is 5.17. The van der Waals surface area contributed by atoms with Gasteiger partial charge in [-0.2, -0.15) is 0 Å². The molecule has 1 aliphatic carbocycles. The number of nitrogens with zero attached hydrogens (tertiary/aromatic N) is 1. The van der Waals surface area contributed by atoms with Crippen molar-refractivity contribution in [3.8, 4) is 0 Å². The van der Waals surface area contributed by atoms with Gasteiger partial charge in [-0.1, -0.05) is 18.2 Å². The van der Waals surface area contributed by atoms with Gasteiger partial charge in [0.05, 0.1) is 6.61 Å². The molecule has 0 bridgehead atoms. The van der Waals surface area contributed by atoms with E-state index in [9.17, 15) is 9.59 Å². The van der Waals surface area contributed by atoms with Gasteiger partial charge in [-0.25, -0.2) is 14.6 Å². The Morgan fingerprint density at radius 1 is 1.27 bits per heavy atom. The Morgan fingerprint density at radius 2 is 2.08 bits per heavy atom. The second kappa shape index (κ2) is 9.24. The third kappa shape index (κ3) is 5.49. The van der Waals surface area contributed by atoms with Crippen LogP contribution < -0.4 is 16.0 Å². The molecule has 1 aromatic carbocycles. The molecule has 1 aliphatic rings. The molecule has 0 spiro atoms. The Kier molecular flexibility index (Phi) is 7.03. The molecule has 140 valence electrons. The monoisotopic (exact) mass is 378 g/mol. The number of alkyl carbamates (subject to hydrolysis) is 1. The number of nitrogens with one attached hydrogen (secondary N) is 3. The number of urea groups is 1. The molecule has 0 saturated heterocycles. The van der Waals surface area contributed by atoms with E-state index in [1.807, 2.05) is 25.1 Å². The Labute approximate surface area is 158 Å². The molecule has 0 aliphatic heterocycles. The summed E-state index contributed by atoms with van der Waals surface area (Å²) in [6, 6.07) is 7.30. The Hall–Kier alpha value is -2.54. The summed E-state index contributed by atoms with van der Waals surface area (Å²) in [4.78, 5) is 27.6. The van der Waals surface area contributed by atoms with E-state index in [2.05, 4.69) is 20.9 Å². The number of carbonyl (C=O) groups is 2. The molecule has 0 atom stereocenters. The Balaban J connectivity index is 0.00000243. The first-order chi connectivity index (χ1) is 12.2.